The first kappa shape index (κ1) is 13.6. The van der Waals surface area contributed by atoms with Crippen molar-refractivity contribution in [3.05, 3.63) is 70.1 Å². The van der Waals surface area contributed by atoms with Crippen LogP contribution in [0.25, 0.3) is 10.1 Å². The fourth-order valence-corrected chi connectivity index (χ4v) is 3.75. The molecule has 0 radical (unpaired) electrons. The normalized spacial score (nSPS) is 12.7. The number of hydrogen-bond acceptors (Lipinski definition) is 2. The van der Waals surface area contributed by atoms with Crippen LogP contribution in [0.5, 0.6) is 0 Å². The van der Waals surface area contributed by atoms with Gasteiger partial charge in [0.05, 0.1) is 6.04 Å². The monoisotopic (exact) mass is 301 g/mol. The van der Waals surface area contributed by atoms with Gasteiger partial charge < -0.3 is 5.32 Å². The van der Waals surface area contributed by atoms with E-state index in [2.05, 4.69) is 48.0 Å². The van der Waals surface area contributed by atoms with Crippen molar-refractivity contribution in [2.75, 3.05) is 6.54 Å². The van der Waals surface area contributed by atoms with E-state index in [-0.39, 0.29) is 6.04 Å². The zero-order chi connectivity index (χ0) is 13.9. The molecule has 3 heteroatoms. The van der Waals surface area contributed by atoms with Crippen molar-refractivity contribution in [2.45, 2.75) is 13.0 Å². The summed E-state index contributed by atoms with van der Waals surface area (Å²) >= 11 is 8.17. The van der Waals surface area contributed by atoms with E-state index >= 15 is 0 Å². The van der Waals surface area contributed by atoms with E-state index in [1.165, 1.54) is 15.6 Å². The molecular weight excluding hydrogens is 286 g/mol. The van der Waals surface area contributed by atoms with Gasteiger partial charge in [0, 0.05) is 9.72 Å². The van der Waals surface area contributed by atoms with Gasteiger partial charge in [-0.3, -0.25) is 0 Å². The molecule has 0 aliphatic heterocycles. The molecule has 20 heavy (non-hydrogen) atoms. The Labute approximate surface area is 128 Å². The SMILES string of the molecule is CCNC(c1ccccc1Cl)c1csc2ccccc12. The lowest BCUT2D eigenvalue weighted by molar-refractivity contribution is 0.636. The summed E-state index contributed by atoms with van der Waals surface area (Å²) in [4.78, 5) is 0. The van der Waals surface area contributed by atoms with Crippen molar-refractivity contribution >= 4 is 33.0 Å². The molecule has 102 valence electrons. The van der Waals surface area contributed by atoms with E-state index in [0.29, 0.717) is 0 Å². The second-order valence-corrected chi connectivity index (χ2v) is 6.02. The Morgan fingerprint density at radius 2 is 1.80 bits per heavy atom. The summed E-state index contributed by atoms with van der Waals surface area (Å²) in [6.07, 6.45) is 0. The third-order valence-corrected chi connectivity index (χ3v) is 4.77. The Bertz CT molecular complexity index is 720. The molecule has 1 nitrogen and oxygen atoms in total. The first-order valence-electron chi connectivity index (χ1n) is 6.75. The molecule has 0 aliphatic rings. The summed E-state index contributed by atoms with van der Waals surface area (Å²) in [7, 11) is 0. The summed E-state index contributed by atoms with van der Waals surface area (Å²) in [5.41, 5.74) is 2.44. The lowest BCUT2D eigenvalue weighted by Gasteiger charge is -2.19. The van der Waals surface area contributed by atoms with Crippen LogP contribution >= 0.6 is 22.9 Å². The minimum Gasteiger partial charge on any atom is -0.306 e. The quantitative estimate of drug-likeness (QED) is 0.693. The molecule has 3 aromatic rings. The number of benzene rings is 2. The summed E-state index contributed by atoms with van der Waals surface area (Å²) in [6, 6.07) is 16.7. The third kappa shape index (κ3) is 2.47. The molecule has 0 amide bonds. The number of thiophene rings is 1. The summed E-state index contributed by atoms with van der Waals surface area (Å²) < 4.78 is 1.32. The van der Waals surface area contributed by atoms with Crippen LogP contribution in [0.4, 0.5) is 0 Å². The van der Waals surface area contributed by atoms with Crippen LogP contribution in [0.1, 0.15) is 24.1 Å². The van der Waals surface area contributed by atoms with Crippen LogP contribution in [0, 0.1) is 0 Å². The molecule has 0 saturated carbocycles. The van der Waals surface area contributed by atoms with Crippen LogP contribution in [-0.4, -0.2) is 6.54 Å². The van der Waals surface area contributed by atoms with E-state index in [0.717, 1.165) is 17.1 Å². The highest BCUT2D eigenvalue weighted by molar-refractivity contribution is 7.17. The van der Waals surface area contributed by atoms with Crippen molar-refractivity contribution in [3.63, 3.8) is 0 Å². The van der Waals surface area contributed by atoms with Crippen molar-refractivity contribution in [3.8, 4) is 0 Å². The van der Waals surface area contributed by atoms with Crippen LogP contribution < -0.4 is 5.32 Å². The fraction of sp³-hybridized carbons (Fsp3) is 0.176. The van der Waals surface area contributed by atoms with Gasteiger partial charge in [-0.05, 0) is 40.6 Å². The van der Waals surface area contributed by atoms with Gasteiger partial charge in [-0.25, -0.2) is 0 Å². The molecule has 1 atom stereocenters. The van der Waals surface area contributed by atoms with Gasteiger partial charge in [-0.1, -0.05) is 54.9 Å². The molecule has 0 aliphatic carbocycles. The Hall–Kier alpha value is -1.35. The van der Waals surface area contributed by atoms with E-state index in [4.69, 9.17) is 11.6 Å². The molecule has 0 saturated heterocycles. The van der Waals surface area contributed by atoms with E-state index in [9.17, 15) is 0 Å². The predicted molar refractivity (Wildman–Crippen MR) is 88.8 cm³/mol. The minimum atomic E-state index is 0.143. The first-order valence-corrected chi connectivity index (χ1v) is 8.01. The molecular formula is C17H16ClNS. The maximum Gasteiger partial charge on any atom is 0.0605 e. The Kier molecular flexibility index (Phi) is 4.06. The van der Waals surface area contributed by atoms with E-state index in [1.807, 2.05) is 18.2 Å². The second kappa shape index (κ2) is 5.96. The number of halogens is 1. The Balaban J connectivity index is 2.14. The Morgan fingerprint density at radius 3 is 2.60 bits per heavy atom. The smallest absolute Gasteiger partial charge is 0.0605 e. The maximum atomic E-state index is 6.39. The molecule has 0 bridgehead atoms. The highest BCUT2D eigenvalue weighted by Gasteiger charge is 2.18. The molecule has 0 spiro atoms. The van der Waals surface area contributed by atoms with Crippen LogP contribution in [0.2, 0.25) is 5.02 Å². The number of hydrogen-bond donors (Lipinski definition) is 1. The van der Waals surface area contributed by atoms with Gasteiger partial charge in [0.2, 0.25) is 0 Å². The van der Waals surface area contributed by atoms with Crippen LogP contribution in [0.15, 0.2) is 53.9 Å². The summed E-state index contributed by atoms with van der Waals surface area (Å²) in [5.74, 6) is 0. The van der Waals surface area contributed by atoms with Crippen LogP contribution in [0.3, 0.4) is 0 Å². The molecule has 1 N–H and O–H groups in total. The van der Waals surface area contributed by atoms with Gasteiger partial charge in [0.1, 0.15) is 0 Å². The molecule has 1 aromatic heterocycles. The van der Waals surface area contributed by atoms with Gasteiger partial charge in [-0.2, -0.15) is 0 Å². The van der Waals surface area contributed by atoms with Gasteiger partial charge in [-0.15, -0.1) is 11.3 Å². The average Bonchev–Trinajstić information content (AvgIpc) is 2.90. The van der Waals surface area contributed by atoms with Crippen molar-refractivity contribution in [1.29, 1.82) is 0 Å². The average molecular weight is 302 g/mol. The number of nitrogens with one attached hydrogen (secondary N) is 1. The van der Waals surface area contributed by atoms with Gasteiger partial charge in [0.15, 0.2) is 0 Å². The number of rotatable bonds is 4. The zero-order valence-electron chi connectivity index (χ0n) is 11.3. The number of fused-ring (bicyclic) bond motifs is 1. The van der Waals surface area contributed by atoms with Crippen molar-refractivity contribution in [2.24, 2.45) is 0 Å². The molecule has 0 fully saturated rings. The third-order valence-electron chi connectivity index (χ3n) is 3.45. The van der Waals surface area contributed by atoms with Crippen LogP contribution in [-0.2, 0) is 0 Å². The summed E-state index contributed by atoms with van der Waals surface area (Å²) in [6.45, 7) is 3.03. The molecule has 3 rings (SSSR count). The molecule has 1 heterocycles. The topological polar surface area (TPSA) is 12.0 Å². The van der Waals surface area contributed by atoms with Crippen molar-refractivity contribution < 1.29 is 0 Å². The van der Waals surface area contributed by atoms with Gasteiger partial charge in [0.25, 0.3) is 0 Å². The first-order chi connectivity index (χ1) is 9.81. The minimum absolute atomic E-state index is 0.143. The highest BCUT2D eigenvalue weighted by atomic mass is 35.5. The van der Waals surface area contributed by atoms with E-state index < -0.39 is 0 Å². The summed E-state index contributed by atoms with van der Waals surface area (Å²) in [5, 5.41) is 7.92. The predicted octanol–water partition coefficient (Wildman–Crippen LogP) is 5.25. The molecule has 2 aromatic carbocycles. The highest BCUT2D eigenvalue weighted by Crippen LogP contribution is 2.35. The zero-order valence-corrected chi connectivity index (χ0v) is 12.8. The maximum absolute atomic E-state index is 6.39. The standard InChI is InChI=1S/C17H16ClNS/c1-2-19-17(13-8-3-5-9-15(13)18)14-11-20-16-10-6-4-7-12(14)16/h3-11,17,19H,2H2,1H3. The second-order valence-electron chi connectivity index (χ2n) is 4.70. The Morgan fingerprint density at radius 1 is 1.05 bits per heavy atom. The molecule has 1 unspecified atom stereocenters. The largest absolute Gasteiger partial charge is 0.306 e. The van der Waals surface area contributed by atoms with Gasteiger partial charge >= 0.3 is 0 Å². The van der Waals surface area contributed by atoms with Crippen molar-refractivity contribution in [1.82, 2.24) is 5.32 Å². The lowest BCUT2D eigenvalue weighted by atomic mass is 9.98. The lowest BCUT2D eigenvalue weighted by Crippen LogP contribution is -2.22. The fourth-order valence-electron chi connectivity index (χ4n) is 2.52. The van der Waals surface area contributed by atoms with E-state index in [1.54, 1.807) is 11.3 Å².